The number of halogens is 2. The van der Waals surface area contributed by atoms with Crippen LogP contribution in [-0.4, -0.2) is 46.8 Å². The van der Waals surface area contributed by atoms with E-state index in [1.165, 1.54) is 0 Å². The molecule has 2 aromatic rings. The van der Waals surface area contributed by atoms with Gasteiger partial charge in [0.1, 0.15) is 0 Å². The minimum Gasteiger partial charge on any atom is -0.396 e. The second-order valence-electron chi connectivity index (χ2n) is 8.38. The van der Waals surface area contributed by atoms with Crippen LogP contribution >= 0.6 is 23.2 Å². The number of aliphatic hydroxyl groups is 1. The van der Waals surface area contributed by atoms with E-state index in [-0.39, 0.29) is 36.6 Å². The first-order chi connectivity index (χ1) is 14.8. The van der Waals surface area contributed by atoms with E-state index < -0.39 is 0 Å². The lowest BCUT2D eigenvalue weighted by molar-refractivity contribution is 0.0665. The highest BCUT2D eigenvalue weighted by Gasteiger charge is 2.35. The summed E-state index contributed by atoms with van der Waals surface area (Å²) in [6.45, 7) is 4.85. The van der Waals surface area contributed by atoms with E-state index in [1.807, 2.05) is 19.9 Å². The second-order valence-corrected chi connectivity index (χ2v) is 9.16. The first kappa shape index (κ1) is 22.3. The predicted molar refractivity (Wildman–Crippen MR) is 120 cm³/mol. The van der Waals surface area contributed by atoms with Crippen LogP contribution in [0.1, 0.15) is 57.1 Å². The number of pyridine rings is 1. The summed E-state index contributed by atoms with van der Waals surface area (Å²) in [7, 11) is 0. The molecule has 0 spiro atoms. The molecule has 2 atom stereocenters. The Morgan fingerprint density at radius 1 is 1.29 bits per heavy atom. The molecule has 1 saturated heterocycles. The Hall–Kier alpha value is -1.86. The molecule has 6 nitrogen and oxygen atoms in total. The molecule has 0 aliphatic carbocycles. The van der Waals surface area contributed by atoms with E-state index in [9.17, 15) is 14.7 Å². The predicted octanol–water partition coefficient (Wildman–Crippen LogP) is 3.75. The van der Waals surface area contributed by atoms with Crippen LogP contribution in [0.3, 0.4) is 0 Å². The van der Waals surface area contributed by atoms with E-state index in [0.29, 0.717) is 46.3 Å². The third kappa shape index (κ3) is 4.14. The standard InChI is InChI=1S/C23H26Cl2N2O4/c1-12-8-13(2)26-22(29)16(12)10-27-6-5-14-18(24)9-15(21(25)20(14)23(27)30)17(11-28)19-4-3-7-31-19/h8-9,17,19,28H,3-7,10-11H2,1-2H3,(H,26,29)/t17?,19-/m1/s1. The van der Waals surface area contributed by atoms with E-state index in [1.54, 1.807) is 11.0 Å². The average molecular weight is 465 g/mol. The Balaban J connectivity index is 1.71. The van der Waals surface area contributed by atoms with Crippen molar-refractivity contribution in [3.05, 3.63) is 66.0 Å². The maximum atomic E-state index is 13.4. The monoisotopic (exact) mass is 464 g/mol. The maximum Gasteiger partial charge on any atom is 0.256 e. The van der Waals surface area contributed by atoms with Crippen molar-refractivity contribution in [2.45, 2.75) is 51.7 Å². The molecule has 1 aromatic heterocycles. The summed E-state index contributed by atoms with van der Waals surface area (Å²) >= 11 is 13.3. The van der Waals surface area contributed by atoms with Gasteiger partial charge < -0.3 is 19.7 Å². The summed E-state index contributed by atoms with van der Waals surface area (Å²) in [4.78, 5) is 30.3. The van der Waals surface area contributed by atoms with Gasteiger partial charge in [-0.05, 0) is 61.9 Å². The molecule has 0 radical (unpaired) electrons. The first-order valence-electron chi connectivity index (χ1n) is 10.5. The van der Waals surface area contributed by atoms with Crippen molar-refractivity contribution >= 4 is 29.1 Å². The van der Waals surface area contributed by atoms with Gasteiger partial charge in [-0.3, -0.25) is 9.59 Å². The summed E-state index contributed by atoms with van der Waals surface area (Å²) in [6, 6.07) is 3.66. The van der Waals surface area contributed by atoms with Crippen LogP contribution in [0.15, 0.2) is 16.9 Å². The van der Waals surface area contributed by atoms with Crippen LogP contribution in [-0.2, 0) is 17.7 Å². The molecule has 4 rings (SSSR count). The molecule has 166 valence electrons. The molecule has 1 aromatic carbocycles. The highest BCUT2D eigenvalue weighted by molar-refractivity contribution is 6.37. The van der Waals surface area contributed by atoms with Crippen LogP contribution in [0.2, 0.25) is 10.0 Å². The third-order valence-electron chi connectivity index (χ3n) is 6.33. The number of fused-ring (bicyclic) bond motifs is 1. The highest BCUT2D eigenvalue weighted by atomic mass is 35.5. The fraction of sp³-hybridized carbons (Fsp3) is 0.478. The van der Waals surface area contributed by atoms with Crippen LogP contribution in [0.5, 0.6) is 0 Å². The molecular formula is C23H26Cl2N2O4. The molecule has 2 aliphatic heterocycles. The van der Waals surface area contributed by atoms with Crippen molar-refractivity contribution in [1.82, 2.24) is 9.88 Å². The summed E-state index contributed by atoms with van der Waals surface area (Å²) < 4.78 is 5.77. The lowest BCUT2D eigenvalue weighted by Crippen LogP contribution is -2.39. The number of benzene rings is 1. The van der Waals surface area contributed by atoms with Gasteiger partial charge in [0.2, 0.25) is 0 Å². The van der Waals surface area contributed by atoms with Gasteiger partial charge in [0, 0.05) is 35.3 Å². The molecule has 1 fully saturated rings. The van der Waals surface area contributed by atoms with Crippen molar-refractivity contribution in [3.8, 4) is 0 Å². The van der Waals surface area contributed by atoms with Crippen molar-refractivity contribution in [1.29, 1.82) is 0 Å². The zero-order chi connectivity index (χ0) is 22.3. The number of nitrogens with zero attached hydrogens (tertiary/aromatic N) is 1. The fourth-order valence-electron chi connectivity index (χ4n) is 4.68. The number of rotatable bonds is 5. The van der Waals surface area contributed by atoms with E-state index in [2.05, 4.69) is 4.98 Å². The van der Waals surface area contributed by atoms with Crippen LogP contribution in [0, 0.1) is 13.8 Å². The molecule has 1 amide bonds. The highest BCUT2D eigenvalue weighted by Crippen LogP contribution is 2.40. The molecule has 1 unspecified atom stereocenters. The van der Waals surface area contributed by atoms with Crippen LogP contribution in [0.4, 0.5) is 0 Å². The van der Waals surface area contributed by atoms with Crippen molar-refractivity contribution in [2.75, 3.05) is 19.8 Å². The number of aryl methyl sites for hydroxylation is 2. The molecule has 31 heavy (non-hydrogen) atoms. The number of aliphatic hydroxyl groups excluding tert-OH is 1. The number of ether oxygens (including phenoxy) is 1. The molecule has 2 N–H and O–H groups in total. The number of hydrogen-bond donors (Lipinski definition) is 2. The van der Waals surface area contributed by atoms with Gasteiger partial charge in [-0.15, -0.1) is 0 Å². The number of hydrogen-bond acceptors (Lipinski definition) is 4. The average Bonchev–Trinajstić information content (AvgIpc) is 3.24. The van der Waals surface area contributed by atoms with E-state index in [0.717, 1.165) is 29.7 Å². The number of carbonyl (C=O) groups excluding carboxylic acids is 1. The molecule has 8 heteroatoms. The third-order valence-corrected chi connectivity index (χ3v) is 7.08. The molecule has 0 bridgehead atoms. The number of aromatic amines is 1. The Morgan fingerprint density at radius 3 is 2.71 bits per heavy atom. The Bertz CT molecular complexity index is 1080. The van der Waals surface area contributed by atoms with Crippen LogP contribution in [0.25, 0.3) is 0 Å². The van der Waals surface area contributed by atoms with E-state index >= 15 is 0 Å². The van der Waals surface area contributed by atoms with Gasteiger partial charge in [0.15, 0.2) is 0 Å². The fourth-order valence-corrected chi connectivity index (χ4v) is 5.38. The lowest BCUT2D eigenvalue weighted by Gasteiger charge is -2.32. The number of nitrogens with one attached hydrogen (secondary N) is 1. The quantitative estimate of drug-likeness (QED) is 0.705. The summed E-state index contributed by atoms with van der Waals surface area (Å²) in [5, 5.41) is 10.8. The Kier molecular flexibility index (Phi) is 6.44. The SMILES string of the molecule is Cc1cc(C)c(CN2CCc3c(Cl)cc(C(CO)[C@H]4CCCO4)c(Cl)c3C2=O)c(=O)[nH]1. The molecule has 0 saturated carbocycles. The van der Waals surface area contributed by atoms with Gasteiger partial charge in [0.05, 0.1) is 29.8 Å². The molecule has 2 aliphatic rings. The number of H-pyrrole nitrogens is 1. The van der Waals surface area contributed by atoms with Gasteiger partial charge in [0.25, 0.3) is 11.5 Å². The van der Waals surface area contributed by atoms with Gasteiger partial charge in [-0.25, -0.2) is 0 Å². The zero-order valence-electron chi connectivity index (χ0n) is 17.6. The Labute approximate surface area is 191 Å². The summed E-state index contributed by atoms with van der Waals surface area (Å²) in [5.74, 6) is -0.596. The first-order valence-corrected chi connectivity index (χ1v) is 11.3. The summed E-state index contributed by atoms with van der Waals surface area (Å²) in [5.41, 5.74) is 3.73. The second kappa shape index (κ2) is 8.94. The topological polar surface area (TPSA) is 82.6 Å². The normalized spacial score (nSPS) is 19.6. The van der Waals surface area contributed by atoms with Crippen molar-refractivity contribution in [2.24, 2.45) is 0 Å². The minimum atomic E-state index is -0.344. The largest absolute Gasteiger partial charge is 0.396 e. The lowest BCUT2D eigenvalue weighted by atomic mass is 9.87. The minimum absolute atomic E-state index is 0.144. The Morgan fingerprint density at radius 2 is 2.06 bits per heavy atom. The van der Waals surface area contributed by atoms with Crippen LogP contribution < -0.4 is 5.56 Å². The van der Waals surface area contributed by atoms with E-state index in [4.69, 9.17) is 27.9 Å². The van der Waals surface area contributed by atoms with Crippen molar-refractivity contribution in [3.63, 3.8) is 0 Å². The zero-order valence-corrected chi connectivity index (χ0v) is 19.1. The maximum absolute atomic E-state index is 13.4. The number of amides is 1. The number of aromatic nitrogens is 1. The van der Waals surface area contributed by atoms with Crippen molar-refractivity contribution < 1.29 is 14.6 Å². The van der Waals surface area contributed by atoms with Gasteiger partial charge in [-0.2, -0.15) is 0 Å². The summed E-state index contributed by atoms with van der Waals surface area (Å²) in [6.07, 6.45) is 2.15. The molecular weight excluding hydrogens is 439 g/mol. The van der Waals surface area contributed by atoms with Gasteiger partial charge in [-0.1, -0.05) is 23.2 Å². The number of carbonyl (C=O) groups is 1. The molecule has 3 heterocycles. The smallest absolute Gasteiger partial charge is 0.256 e. The van der Waals surface area contributed by atoms with Gasteiger partial charge >= 0.3 is 0 Å².